The van der Waals surface area contributed by atoms with Crippen molar-refractivity contribution in [3.63, 3.8) is 0 Å². The van der Waals surface area contributed by atoms with Crippen molar-refractivity contribution in [2.75, 3.05) is 5.32 Å². The summed E-state index contributed by atoms with van der Waals surface area (Å²) in [5.74, 6) is -0.546. The molecule has 2 heterocycles. The van der Waals surface area contributed by atoms with Crippen LogP contribution in [0.2, 0.25) is 0 Å². The number of nitrogens with one attached hydrogen (secondary N) is 1. The molecule has 0 aliphatic carbocycles. The van der Waals surface area contributed by atoms with E-state index in [1.165, 1.54) is 0 Å². The first-order valence-corrected chi connectivity index (χ1v) is 6.27. The van der Waals surface area contributed by atoms with Gasteiger partial charge in [-0.3, -0.25) is 4.79 Å². The molecule has 2 aromatic rings. The lowest BCUT2D eigenvalue weighted by Crippen LogP contribution is -2.29. The maximum atomic E-state index is 14.2. The molecule has 94 valence electrons. The number of nitrogens with zero attached hydrogens (tertiary/aromatic N) is 1. The number of aryl methyl sites for hydroxylation is 1. The lowest BCUT2D eigenvalue weighted by Gasteiger charge is -2.25. The Morgan fingerprint density at radius 2 is 2.22 bits per heavy atom. The fraction of sp³-hybridized carbons (Fsp3) is 0.308. The molecule has 1 unspecified atom stereocenters. The summed E-state index contributed by atoms with van der Waals surface area (Å²) in [6.45, 7) is 3.72. The third-order valence-electron chi connectivity index (χ3n) is 3.49. The van der Waals surface area contributed by atoms with Crippen LogP contribution in [-0.2, 0) is 10.7 Å². The van der Waals surface area contributed by atoms with Gasteiger partial charge in [-0.05, 0) is 26.0 Å². The van der Waals surface area contributed by atoms with Gasteiger partial charge in [-0.25, -0.2) is 4.39 Å². The zero-order chi connectivity index (χ0) is 13.0. The Bertz CT molecular complexity index is 677. The van der Waals surface area contributed by atoms with Gasteiger partial charge in [0, 0.05) is 16.6 Å². The van der Waals surface area contributed by atoms with Crippen molar-refractivity contribution in [1.29, 1.82) is 0 Å². The average Bonchev–Trinajstić information content (AvgIpc) is 2.67. The van der Waals surface area contributed by atoms with Crippen molar-refractivity contribution in [2.24, 2.45) is 0 Å². The molecule has 18 heavy (non-hydrogen) atoms. The minimum absolute atomic E-state index is 0.0877. The van der Waals surface area contributed by atoms with Crippen LogP contribution in [-0.4, -0.2) is 10.5 Å². The predicted molar refractivity (Wildman–Crippen MR) is 69.5 cm³/mol. The molecule has 1 aliphatic heterocycles. The van der Waals surface area contributed by atoms with Crippen molar-refractivity contribution in [2.45, 2.75) is 25.8 Å². The Hall–Kier alpha value is -1.55. The minimum atomic E-state index is -0.433. The monoisotopic (exact) mass is 266 g/mol. The van der Waals surface area contributed by atoms with Gasteiger partial charge in [-0.1, -0.05) is 0 Å². The molecule has 1 amide bonds. The number of anilines is 1. The highest BCUT2D eigenvalue weighted by molar-refractivity contribution is 6.17. The number of aromatic nitrogens is 1. The smallest absolute Gasteiger partial charge is 0.247 e. The Kier molecular flexibility index (Phi) is 2.38. The number of rotatable bonds is 1. The largest absolute Gasteiger partial charge is 0.331 e. The highest BCUT2D eigenvalue weighted by Crippen LogP contribution is 2.37. The second kappa shape index (κ2) is 3.72. The first-order chi connectivity index (χ1) is 8.54. The van der Waals surface area contributed by atoms with E-state index in [1.807, 2.05) is 17.6 Å². The summed E-state index contributed by atoms with van der Waals surface area (Å²) >= 11 is 5.73. The molecule has 5 heteroatoms. The van der Waals surface area contributed by atoms with E-state index >= 15 is 0 Å². The zero-order valence-corrected chi connectivity index (χ0v) is 10.8. The van der Waals surface area contributed by atoms with E-state index in [2.05, 4.69) is 5.32 Å². The summed E-state index contributed by atoms with van der Waals surface area (Å²) in [6, 6.07) is 3.37. The van der Waals surface area contributed by atoms with Gasteiger partial charge in [-0.2, -0.15) is 0 Å². The Labute approximate surface area is 109 Å². The molecule has 1 aromatic heterocycles. The standard InChI is InChI=1S/C13H12ClFN2O/c1-6-3-8-4-9(5-14)10(15)11-12(8)17(6)7(2)13(18)16-11/h3-4,7H,5H2,1-2H3,(H,16,18). The lowest BCUT2D eigenvalue weighted by molar-refractivity contribution is -0.119. The van der Waals surface area contributed by atoms with E-state index in [4.69, 9.17) is 11.6 Å². The maximum Gasteiger partial charge on any atom is 0.247 e. The molecule has 0 saturated carbocycles. The first kappa shape index (κ1) is 11.5. The van der Waals surface area contributed by atoms with Crippen molar-refractivity contribution in [3.8, 4) is 0 Å². The molecule has 0 bridgehead atoms. The number of halogens is 2. The molecule has 3 rings (SSSR count). The van der Waals surface area contributed by atoms with Crippen LogP contribution in [0.4, 0.5) is 10.1 Å². The molecule has 3 nitrogen and oxygen atoms in total. The summed E-state index contributed by atoms with van der Waals surface area (Å²) in [7, 11) is 0. The first-order valence-electron chi connectivity index (χ1n) is 5.74. The summed E-state index contributed by atoms with van der Waals surface area (Å²) in [5, 5.41) is 3.55. The van der Waals surface area contributed by atoms with Gasteiger partial charge in [0.2, 0.25) is 5.91 Å². The number of carbonyl (C=O) groups is 1. The maximum absolute atomic E-state index is 14.2. The van der Waals surface area contributed by atoms with Gasteiger partial charge in [0.25, 0.3) is 0 Å². The van der Waals surface area contributed by atoms with E-state index < -0.39 is 5.82 Å². The van der Waals surface area contributed by atoms with E-state index in [1.54, 1.807) is 13.0 Å². The molecule has 1 aromatic carbocycles. The van der Waals surface area contributed by atoms with Gasteiger partial charge >= 0.3 is 0 Å². The molecular weight excluding hydrogens is 255 g/mol. The third kappa shape index (κ3) is 1.32. The zero-order valence-electron chi connectivity index (χ0n) is 10.1. The number of hydrogen-bond donors (Lipinski definition) is 1. The summed E-state index contributed by atoms with van der Waals surface area (Å²) < 4.78 is 16.1. The number of alkyl halides is 1. The topological polar surface area (TPSA) is 34.0 Å². The quantitative estimate of drug-likeness (QED) is 0.789. The molecule has 0 radical (unpaired) electrons. The predicted octanol–water partition coefficient (Wildman–Crippen LogP) is 3.34. The molecule has 1 atom stereocenters. The van der Waals surface area contributed by atoms with Crippen LogP contribution in [0.3, 0.4) is 0 Å². The fourth-order valence-electron chi connectivity index (χ4n) is 2.62. The average molecular weight is 267 g/mol. The SMILES string of the molecule is Cc1cc2cc(CCl)c(F)c3c2n1C(C)C(=O)N3. The second-order valence-electron chi connectivity index (χ2n) is 4.62. The summed E-state index contributed by atoms with van der Waals surface area (Å²) in [6.07, 6.45) is 0. The molecule has 0 spiro atoms. The van der Waals surface area contributed by atoms with Crippen LogP contribution in [0.1, 0.15) is 24.2 Å². The van der Waals surface area contributed by atoms with E-state index in [0.29, 0.717) is 5.56 Å². The normalized spacial score (nSPS) is 18.2. The highest BCUT2D eigenvalue weighted by atomic mass is 35.5. The summed E-state index contributed by atoms with van der Waals surface area (Å²) in [4.78, 5) is 11.9. The van der Waals surface area contributed by atoms with Crippen molar-refractivity contribution in [1.82, 2.24) is 4.57 Å². The minimum Gasteiger partial charge on any atom is -0.331 e. The van der Waals surface area contributed by atoms with E-state index in [-0.39, 0.29) is 23.5 Å². The van der Waals surface area contributed by atoms with Gasteiger partial charge in [0.05, 0.1) is 11.4 Å². The molecule has 1 N–H and O–H groups in total. The van der Waals surface area contributed by atoms with Gasteiger partial charge in [0.15, 0.2) is 5.82 Å². The molecule has 1 aliphatic rings. The number of benzene rings is 1. The van der Waals surface area contributed by atoms with E-state index in [9.17, 15) is 9.18 Å². The molecule has 0 fully saturated rings. The van der Waals surface area contributed by atoms with Gasteiger partial charge < -0.3 is 9.88 Å². The highest BCUT2D eigenvalue weighted by Gasteiger charge is 2.29. The number of carbonyl (C=O) groups excluding carboxylic acids is 1. The van der Waals surface area contributed by atoms with Gasteiger partial charge in [0.1, 0.15) is 11.7 Å². The second-order valence-corrected chi connectivity index (χ2v) is 4.88. The Morgan fingerprint density at radius 1 is 1.50 bits per heavy atom. The Morgan fingerprint density at radius 3 is 2.89 bits per heavy atom. The van der Waals surface area contributed by atoms with Crippen molar-refractivity contribution in [3.05, 3.63) is 29.2 Å². The third-order valence-corrected chi connectivity index (χ3v) is 3.77. The van der Waals surface area contributed by atoms with Crippen LogP contribution in [0.15, 0.2) is 12.1 Å². The number of amides is 1. The van der Waals surface area contributed by atoms with Gasteiger partial charge in [-0.15, -0.1) is 11.6 Å². The van der Waals surface area contributed by atoms with Crippen LogP contribution >= 0.6 is 11.6 Å². The van der Waals surface area contributed by atoms with Crippen LogP contribution in [0.25, 0.3) is 10.9 Å². The van der Waals surface area contributed by atoms with Crippen LogP contribution < -0.4 is 5.32 Å². The van der Waals surface area contributed by atoms with Crippen LogP contribution in [0, 0.1) is 12.7 Å². The van der Waals surface area contributed by atoms with Crippen LogP contribution in [0.5, 0.6) is 0 Å². The Balaban J connectivity index is 2.47. The molecular formula is C13H12ClFN2O. The summed E-state index contributed by atoms with van der Waals surface area (Å²) in [5.41, 5.74) is 2.34. The van der Waals surface area contributed by atoms with E-state index in [0.717, 1.165) is 16.6 Å². The fourth-order valence-corrected chi connectivity index (χ4v) is 2.82. The lowest BCUT2D eigenvalue weighted by atomic mass is 10.1. The molecule has 0 saturated heterocycles. The van der Waals surface area contributed by atoms with Crippen molar-refractivity contribution < 1.29 is 9.18 Å². The number of hydrogen-bond acceptors (Lipinski definition) is 1. The van der Waals surface area contributed by atoms with Crippen molar-refractivity contribution >= 4 is 34.1 Å².